The Morgan fingerprint density at radius 2 is 1.61 bits per heavy atom. The Morgan fingerprint density at radius 3 is 2.31 bits per heavy atom. The van der Waals surface area contributed by atoms with Gasteiger partial charge >= 0.3 is 5.97 Å². The van der Waals surface area contributed by atoms with Crippen LogP contribution in [0.1, 0.15) is 21.5 Å². The molecule has 2 N–H and O–H groups in total. The van der Waals surface area contributed by atoms with E-state index in [0.29, 0.717) is 22.6 Å². The van der Waals surface area contributed by atoms with Crippen LogP contribution in [-0.2, 0) is 9.59 Å². The molecule has 3 aromatic carbocycles. The van der Waals surface area contributed by atoms with Crippen LogP contribution in [0.3, 0.4) is 0 Å². The maximum atomic E-state index is 12.1. The quantitative estimate of drug-likeness (QED) is 0.149. The Hall–Kier alpha value is -4.92. The van der Waals surface area contributed by atoms with Crippen molar-refractivity contribution in [2.45, 2.75) is 0 Å². The van der Waals surface area contributed by atoms with Gasteiger partial charge in [-0.25, -0.2) is 10.2 Å². The van der Waals surface area contributed by atoms with Gasteiger partial charge in [0.05, 0.1) is 27.0 Å². The highest BCUT2D eigenvalue weighted by atomic mass is 16.6. The molecule has 184 valence electrons. The molecule has 2 amide bonds. The lowest BCUT2D eigenvalue weighted by Crippen LogP contribution is -2.34. The van der Waals surface area contributed by atoms with Crippen LogP contribution in [0, 0.1) is 0 Å². The molecule has 9 heteroatoms. The number of ether oxygens (including phenoxy) is 3. The number of rotatable bonds is 10. The number of hydrazone groups is 1. The third-order valence-corrected chi connectivity index (χ3v) is 4.77. The molecule has 0 saturated heterocycles. The third-order valence-electron chi connectivity index (χ3n) is 4.77. The predicted molar refractivity (Wildman–Crippen MR) is 135 cm³/mol. The van der Waals surface area contributed by atoms with Gasteiger partial charge in [0.2, 0.25) is 0 Å². The minimum Gasteiger partial charge on any atom is -0.497 e. The van der Waals surface area contributed by atoms with Crippen molar-refractivity contribution in [3.05, 3.63) is 95.6 Å². The van der Waals surface area contributed by atoms with Crippen molar-refractivity contribution < 1.29 is 28.6 Å². The van der Waals surface area contributed by atoms with Gasteiger partial charge in [-0.3, -0.25) is 9.59 Å². The highest BCUT2D eigenvalue weighted by molar-refractivity contribution is 5.96. The number of nitrogens with zero attached hydrogens (tertiary/aromatic N) is 1. The molecule has 0 bridgehead atoms. The second kappa shape index (κ2) is 13.1. The lowest BCUT2D eigenvalue weighted by atomic mass is 10.2. The molecule has 0 atom stereocenters. The fraction of sp³-hybridized carbons (Fsp3) is 0.111. The molecule has 3 aromatic rings. The van der Waals surface area contributed by atoms with Crippen LogP contribution in [0.15, 0.2) is 84.0 Å². The third kappa shape index (κ3) is 7.84. The Bertz CT molecular complexity index is 1250. The molecule has 36 heavy (non-hydrogen) atoms. The van der Waals surface area contributed by atoms with E-state index >= 15 is 0 Å². The summed E-state index contributed by atoms with van der Waals surface area (Å²) in [5.41, 5.74) is 4.19. The highest BCUT2D eigenvalue weighted by Crippen LogP contribution is 2.27. The Balaban J connectivity index is 1.49. The summed E-state index contributed by atoms with van der Waals surface area (Å²) in [5.74, 6) is -0.272. The number of esters is 1. The standard InChI is InChI=1S/C27H25N3O6/c1-34-22-12-10-21(11-13-22)27(33)28-18-25(31)30-29-17-20-8-14-23(24(16-20)35-2)36-26(32)15-9-19-6-4-3-5-7-19/h3-17H,18H2,1-2H3,(H,28,33)(H,30,31)/b15-9+,29-17-. The van der Waals surface area contributed by atoms with Crippen molar-refractivity contribution in [2.24, 2.45) is 5.10 Å². The molecule has 0 fully saturated rings. The van der Waals surface area contributed by atoms with Crippen LogP contribution in [0.25, 0.3) is 6.08 Å². The smallest absolute Gasteiger partial charge is 0.336 e. The maximum Gasteiger partial charge on any atom is 0.336 e. The Labute approximate surface area is 208 Å². The van der Waals surface area contributed by atoms with Gasteiger partial charge in [0.1, 0.15) is 5.75 Å². The minimum absolute atomic E-state index is 0.239. The topological polar surface area (TPSA) is 115 Å². The number of amides is 2. The van der Waals surface area contributed by atoms with Crippen molar-refractivity contribution in [2.75, 3.05) is 20.8 Å². The predicted octanol–water partition coefficient (Wildman–Crippen LogP) is 3.20. The Kier molecular flexibility index (Phi) is 9.35. The van der Waals surface area contributed by atoms with E-state index in [1.165, 1.54) is 26.5 Å². The number of nitrogens with one attached hydrogen (secondary N) is 2. The van der Waals surface area contributed by atoms with Crippen molar-refractivity contribution in [3.63, 3.8) is 0 Å². The SMILES string of the molecule is COc1ccc(C(=O)NCC(=O)N/N=C\c2ccc(OC(=O)/C=C/c3ccccc3)c(OC)c2)cc1. The monoisotopic (exact) mass is 487 g/mol. The number of benzene rings is 3. The molecule has 0 aliphatic rings. The molecular weight excluding hydrogens is 462 g/mol. The fourth-order valence-corrected chi connectivity index (χ4v) is 2.94. The van der Waals surface area contributed by atoms with Crippen LogP contribution >= 0.6 is 0 Å². The van der Waals surface area contributed by atoms with Gasteiger partial charge in [0, 0.05) is 11.6 Å². The second-order valence-electron chi connectivity index (χ2n) is 7.28. The molecule has 0 spiro atoms. The van der Waals surface area contributed by atoms with Gasteiger partial charge in [-0.05, 0) is 59.7 Å². The van der Waals surface area contributed by atoms with E-state index in [0.717, 1.165) is 5.56 Å². The maximum absolute atomic E-state index is 12.1. The summed E-state index contributed by atoms with van der Waals surface area (Å²) in [7, 11) is 2.98. The highest BCUT2D eigenvalue weighted by Gasteiger charge is 2.10. The molecule has 3 rings (SSSR count). The summed E-state index contributed by atoms with van der Waals surface area (Å²) in [6.45, 7) is -0.253. The number of carbonyl (C=O) groups excluding carboxylic acids is 3. The second-order valence-corrected chi connectivity index (χ2v) is 7.28. The van der Waals surface area contributed by atoms with Crippen LogP contribution in [0.4, 0.5) is 0 Å². The zero-order chi connectivity index (χ0) is 25.8. The van der Waals surface area contributed by atoms with E-state index in [2.05, 4.69) is 15.8 Å². The zero-order valence-corrected chi connectivity index (χ0v) is 19.8. The molecule has 0 saturated carbocycles. The fourth-order valence-electron chi connectivity index (χ4n) is 2.94. The van der Waals surface area contributed by atoms with Gasteiger partial charge in [-0.1, -0.05) is 30.3 Å². The van der Waals surface area contributed by atoms with E-state index in [4.69, 9.17) is 14.2 Å². The minimum atomic E-state index is -0.553. The lowest BCUT2D eigenvalue weighted by Gasteiger charge is -2.08. The van der Waals surface area contributed by atoms with Crippen LogP contribution in [0.2, 0.25) is 0 Å². The van der Waals surface area contributed by atoms with Crippen LogP contribution in [0.5, 0.6) is 17.2 Å². The van der Waals surface area contributed by atoms with E-state index in [-0.39, 0.29) is 12.3 Å². The number of carbonyl (C=O) groups is 3. The summed E-state index contributed by atoms with van der Waals surface area (Å²) in [6.07, 6.45) is 4.37. The number of methoxy groups -OCH3 is 2. The molecule has 0 aliphatic carbocycles. The summed E-state index contributed by atoms with van der Waals surface area (Å²) in [6, 6.07) is 20.7. The molecular formula is C27H25N3O6. The van der Waals surface area contributed by atoms with Gasteiger partial charge in [-0.15, -0.1) is 0 Å². The Morgan fingerprint density at radius 1 is 0.861 bits per heavy atom. The lowest BCUT2D eigenvalue weighted by molar-refractivity contribution is -0.129. The average molecular weight is 488 g/mol. The van der Waals surface area contributed by atoms with Gasteiger partial charge in [0.25, 0.3) is 11.8 Å². The van der Waals surface area contributed by atoms with Crippen molar-refractivity contribution in [1.29, 1.82) is 0 Å². The van der Waals surface area contributed by atoms with Gasteiger partial charge in [0.15, 0.2) is 11.5 Å². The van der Waals surface area contributed by atoms with E-state index in [1.807, 2.05) is 30.3 Å². The molecule has 0 heterocycles. The molecule has 9 nitrogen and oxygen atoms in total. The summed E-state index contributed by atoms with van der Waals surface area (Å²) in [5, 5.41) is 6.39. The first-order valence-corrected chi connectivity index (χ1v) is 10.9. The molecule has 0 unspecified atom stereocenters. The first kappa shape index (κ1) is 25.7. The average Bonchev–Trinajstić information content (AvgIpc) is 2.92. The molecule has 0 radical (unpaired) electrons. The summed E-state index contributed by atoms with van der Waals surface area (Å²) < 4.78 is 15.7. The van der Waals surface area contributed by atoms with Crippen LogP contribution < -0.4 is 25.0 Å². The first-order valence-electron chi connectivity index (χ1n) is 10.9. The summed E-state index contributed by atoms with van der Waals surface area (Å²) in [4.78, 5) is 36.2. The normalized spacial score (nSPS) is 10.7. The van der Waals surface area contributed by atoms with E-state index in [1.54, 1.807) is 48.5 Å². The van der Waals surface area contributed by atoms with Crippen molar-refractivity contribution in [3.8, 4) is 17.2 Å². The summed E-state index contributed by atoms with van der Waals surface area (Å²) >= 11 is 0. The largest absolute Gasteiger partial charge is 0.497 e. The van der Waals surface area contributed by atoms with Crippen molar-refractivity contribution in [1.82, 2.24) is 10.7 Å². The van der Waals surface area contributed by atoms with E-state index < -0.39 is 17.8 Å². The van der Waals surface area contributed by atoms with Gasteiger partial charge < -0.3 is 19.5 Å². The van der Waals surface area contributed by atoms with Crippen molar-refractivity contribution >= 4 is 30.1 Å². The number of hydrogen-bond acceptors (Lipinski definition) is 7. The first-order chi connectivity index (χ1) is 17.5. The van der Waals surface area contributed by atoms with Crippen LogP contribution in [-0.4, -0.2) is 44.8 Å². The molecule has 0 aliphatic heterocycles. The number of hydrogen-bond donors (Lipinski definition) is 2. The van der Waals surface area contributed by atoms with E-state index in [9.17, 15) is 14.4 Å². The zero-order valence-electron chi connectivity index (χ0n) is 19.8. The molecule has 0 aromatic heterocycles. The van der Waals surface area contributed by atoms with Gasteiger partial charge in [-0.2, -0.15) is 5.10 Å².